The lowest BCUT2D eigenvalue weighted by atomic mass is 10.0. The number of hydrogen-bond acceptors (Lipinski definition) is 4. The maximum atomic E-state index is 12.2. The minimum Gasteiger partial charge on any atom is -0.378 e. The summed E-state index contributed by atoms with van der Waals surface area (Å²) in [5.41, 5.74) is 2.29. The quantitative estimate of drug-likeness (QED) is 0.824. The molecule has 2 aliphatic rings. The zero-order valence-corrected chi connectivity index (χ0v) is 10.7. The molecule has 1 aromatic carbocycles. The number of rotatable bonds is 1. The van der Waals surface area contributed by atoms with E-state index in [1.807, 2.05) is 13.0 Å². The molecule has 3 rings (SSSR count). The second-order valence-corrected chi connectivity index (χ2v) is 4.83. The number of hydrogen-bond donors (Lipinski definition) is 1. The zero-order valence-electron chi connectivity index (χ0n) is 10.7. The van der Waals surface area contributed by atoms with E-state index in [-0.39, 0.29) is 17.9 Å². The highest BCUT2D eigenvalue weighted by molar-refractivity contribution is 5.98. The van der Waals surface area contributed by atoms with Crippen LogP contribution in [0.25, 0.3) is 0 Å². The number of likely N-dealkylation sites (N-methyl/N-ethyl adjacent to an activating group) is 1. The fourth-order valence-corrected chi connectivity index (χ4v) is 2.85. The van der Waals surface area contributed by atoms with Crippen molar-refractivity contribution in [2.45, 2.75) is 13.0 Å². The molecular formula is C14H15N3O2. The molecule has 2 heterocycles. The van der Waals surface area contributed by atoms with Crippen molar-refractivity contribution >= 4 is 17.3 Å². The molecule has 1 N–H and O–H groups in total. The Morgan fingerprint density at radius 1 is 1.53 bits per heavy atom. The number of benzene rings is 1. The molecule has 0 saturated carbocycles. The van der Waals surface area contributed by atoms with Crippen molar-refractivity contribution in [1.82, 2.24) is 0 Å². The Balaban J connectivity index is 2.11. The molecule has 1 aromatic rings. The fraction of sp³-hybridized carbons (Fsp3) is 0.429. The van der Waals surface area contributed by atoms with E-state index in [4.69, 9.17) is 10.00 Å². The molecule has 1 amide bonds. The lowest BCUT2D eigenvalue weighted by Crippen LogP contribution is -2.42. The summed E-state index contributed by atoms with van der Waals surface area (Å²) in [5, 5.41) is 12.0. The maximum absolute atomic E-state index is 12.2. The van der Waals surface area contributed by atoms with E-state index in [9.17, 15) is 4.79 Å². The van der Waals surface area contributed by atoms with Crippen molar-refractivity contribution in [3.8, 4) is 6.07 Å². The maximum Gasteiger partial charge on any atom is 0.232 e. The van der Waals surface area contributed by atoms with Gasteiger partial charge in [-0.25, -0.2) is 0 Å². The van der Waals surface area contributed by atoms with Crippen LogP contribution in [-0.4, -0.2) is 31.7 Å². The summed E-state index contributed by atoms with van der Waals surface area (Å²) in [4.78, 5) is 14.4. The van der Waals surface area contributed by atoms with Crippen molar-refractivity contribution in [1.29, 1.82) is 5.26 Å². The van der Waals surface area contributed by atoms with E-state index in [1.165, 1.54) is 0 Å². The first-order valence-electron chi connectivity index (χ1n) is 6.44. The van der Waals surface area contributed by atoms with Gasteiger partial charge in [0.15, 0.2) is 0 Å². The fourth-order valence-electron chi connectivity index (χ4n) is 2.85. The van der Waals surface area contributed by atoms with E-state index < -0.39 is 0 Å². The second-order valence-electron chi connectivity index (χ2n) is 4.83. The van der Waals surface area contributed by atoms with Gasteiger partial charge in [-0.15, -0.1) is 0 Å². The van der Waals surface area contributed by atoms with Crippen molar-refractivity contribution < 1.29 is 9.53 Å². The van der Waals surface area contributed by atoms with Gasteiger partial charge in [0, 0.05) is 6.54 Å². The van der Waals surface area contributed by atoms with Crippen LogP contribution in [-0.2, 0) is 9.53 Å². The van der Waals surface area contributed by atoms with Gasteiger partial charge in [0.05, 0.1) is 48.2 Å². The Hall–Kier alpha value is -2.06. The van der Waals surface area contributed by atoms with Crippen LogP contribution in [0.5, 0.6) is 0 Å². The van der Waals surface area contributed by atoms with Gasteiger partial charge >= 0.3 is 0 Å². The van der Waals surface area contributed by atoms with E-state index >= 15 is 0 Å². The van der Waals surface area contributed by atoms with Crippen LogP contribution in [0, 0.1) is 17.2 Å². The van der Waals surface area contributed by atoms with Crippen LogP contribution in [0.2, 0.25) is 0 Å². The number of nitrogens with zero attached hydrogens (tertiary/aromatic N) is 2. The molecule has 2 aliphatic heterocycles. The average molecular weight is 257 g/mol. The molecule has 5 heteroatoms. The van der Waals surface area contributed by atoms with E-state index in [0.717, 1.165) is 17.9 Å². The van der Waals surface area contributed by atoms with Gasteiger partial charge in [0.1, 0.15) is 0 Å². The standard InChI is InChI=1S/C14H15N3O2/c1-2-17-12-5-9(6-15)3-4-11(12)16-14(18)10-7-19-8-13(10)17/h3-5,10,13H,2,7-8H2,1H3,(H,16,18). The predicted molar refractivity (Wildman–Crippen MR) is 70.9 cm³/mol. The lowest BCUT2D eigenvalue weighted by molar-refractivity contribution is -0.120. The third kappa shape index (κ3) is 1.85. The SMILES string of the molecule is CCN1c2cc(C#N)ccc2NC(=O)C2COCC21. The van der Waals surface area contributed by atoms with Gasteiger partial charge in [-0.3, -0.25) is 4.79 Å². The Morgan fingerprint density at radius 2 is 2.37 bits per heavy atom. The molecule has 1 saturated heterocycles. The van der Waals surface area contributed by atoms with E-state index in [1.54, 1.807) is 12.1 Å². The van der Waals surface area contributed by atoms with Gasteiger partial charge in [-0.1, -0.05) is 0 Å². The molecule has 5 nitrogen and oxygen atoms in total. The predicted octanol–water partition coefficient (Wildman–Crippen LogP) is 1.35. The third-order valence-electron chi connectivity index (χ3n) is 3.82. The zero-order chi connectivity index (χ0) is 13.4. The summed E-state index contributed by atoms with van der Waals surface area (Å²) in [6, 6.07) is 7.56. The molecule has 0 aliphatic carbocycles. The summed E-state index contributed by atoms with van der Waals surface area (Å²) in [6.45, 7) is 3.85. The van der Waals surface area contributed by atoms with Gasteiger partial charge in [0.2, 0.25) is 5.91 Å². The largest absolute Gasteiger partial charge is 0.378 e. The van der Waals surface area contributed by atoms with Crippen molar-refractivity contribution in [3.05, 3.63) is 23.8 Å². The molecule has 0 aromatic heterocycles. The Morgan fingerprint density at radius 3 is 3.11 bits per heavy atom. The Bertz CT molecular complexity index is 564. The number of nitrogens with one attached hydrogen (secondary N) is 1. The molecule has 1 fully saturated rings. The number of ether oxygens (including phenoxy) is 1. The summed E-state index contributed by atoms with van der Waals surface area (Å²) < 4.78 is 5.45. The van der Waals surface area contributed by atoms with Crippen LogP contribution in [0.1, 0.15) is 12.5 Å². The number of carbonyl (C=O) groups excluding carboxylic acids is 1. The minimum atomic E-state index is -0.141. The molecule has 0 spiro atoms. The normalized spacial score (nSPS) is 25.1. The number of amides is 1. The van der Waals surface area contributed by atoms with E-state index in [0.29, 0.717) is 18.8 Å². The number of nitriles is 1. The van der Waals surface area contributed by atoms with E-state index in [2.05, 4.69) is 16.3 Å². The summed E-state index contributed by atoms with van der Waals surface area (Å²) >= 11 is 0. The lowest BCUT2D eigenvalue weighted by Gasteiger charge is -2.30. The average Bonchev–Trinajstić information content (AvgIpc) is 2.86. The van der Waals surface area contributed by atoms with Crippen molar-refractivity contribution in [2.75, 3.05) is 30.0 Å². The van der Waals surface area contributed by atoms with Crippen LogP contribution in [0.3, 0.4) is 0 Å². The van der Waals surface area contributed by atoms with Crippen molar-refractivity contribution in [2.24, 2.45) is 5.92 Å². The number of fused-ring (bicyclic) bond motifs is 2. The molecule has 0 radical (unpaired) electrons. The van der Waals surface area contributed by atoms with Gasteiger partial charge in [0.25, 0.3) is 0 Å². The van der Waals surface area contributed by atoms with Gasteiger partial charge < -0.3 is 15.0 Å². The van der Waals surface area contributed by atoms with Crippen LogP contribution < -0.4 is 10.2 Å². The molecule has 98 valence electrons. The van der Waals surface area contributed by atoms with Crippen LogP contribution >= 0.6 is 0 Å². The topological polar surface area (TPSA) is 65.4 Å². The van der Waals surface area contributed by atoms with Crippen LogP contribution in [0.4, 0.5) is 11.4 Å². The Kier molecular flexibility index (Phi) is 2.88. The van der Waals surface area contributed by atoms with Gasteiger partial charge in [-0.05, 0) is 25.1 Å². The third-order valence-corrected chi connectivity index (χ3v) is 3.82. The summed E-state index contributed by atoms with van der Waals surface area (Å²) in [7, 11) is 0. The second kappa shape index (κ2) is 4.56. The minimum absolute atomic E-state index is 0.00408. The first-order valence-corrected chi connectivity index (χ1v) is 6.44. The van der Waals surface area contributed by atoms with Crippen molar-refractivity contribution in [3.63, 3.8) is 0 Å². The molecule has 19 heavy (non-hydrogen) atoms. The monoisotopic (exact) mass is 257 g/mol. The molecule has 2 unspecified atom stereocenters. The summed E-state index contributed by atoms with van der Waals surface area (Å²) in [5.74, 6) is -0.137. The molecule has 2 atom stereocenters. The number of carbonyl (C=O) groups is 1. The van der Waals surface area contributed by atoms with Crippen LogP contribution in [0.15, 0.2) is 18.2 Å². The first-order chi connectivity index (χ1) is 9.24. The first kappa shape index (κ1) is 12.0. The summed E-state index contributed by atoms with van der Waals surface area (Å²) in [6.07, 6.45) is 0. The highest BCUT2D eigenvalue weighted by atomic mass is 16.5. The number of anilines is 2. The molecule has 0 bridgehead atoms. The van der Waals surface area contributed by atoms with Gasteiger partial charge in [-0.2, -0.15) is 5.26 Å². The highest BCUT2D eigenvalue weighted by Crippen LogP contribution is 2.36. The Labute approximate surface area is 111 Å². The molecular weight excluding hydrogens is 242 g/mol. The highest BCUT2D eigenvalue weighted by Gasteiger charge is 2.40. The smallest absolute Gasteiger partial charge is 0.232 e.